The maximum Gasteiger partial charge on any atom is 0.303 e. The smallest absolute Gasteiger partial charge is 0.303 e. The fraction of sp³-hybridized carbons (Fsp3) is 0.765. The second kappa shape index (κ2) is 6.67. The molecule has 2 aliphatic rings. The first-order chi connectivity index (χ1) is 10.5. The number of likely N-dealkylation sites (tertiary alicyclic amines) is 1. The van der Waals surface area contributed by atoms with Crippen LogP contribution >= 0.6 is 11.3 Å². The van der Waals surface area contributed by atoms with Crippen molar-refractivity contribution >= 4 is 17.3 Å². The molecule has 1 aliphatic carbocycles. The van der Waals surface area contributed by atoms with Crippen molar-refractivity contribution in [1.82, 2.24) is 9.88 Å². The molecule has 2 fully saturated rings. The maximum absolute atomic E-state index is 10.8. The van der Waals surface area contributed by atoms with Gasteiger partial charge in [0.2, 0.25) is 0 Å². The summed E-state index contributed by atoms with van der Waals surface area (Å²) in [4.78, 5) is 19.1. The van der Waals surface area contributed by atoms with Gasteiger partial charge < -0.3 is 5.11 Å². The molecule has 0 unspecified atom stereocenters. The molecule has 0 aromatic carbocycles. The first-order valence-electron chi connectivity index (χ1n) is 8.40. The van der Waals surface area contributed by atoms with Crippen LogP contribution in [0.15, 0.2) is 6.20 Å². The highest BCUT2D eigenvalue weighted by molar-refractivity contribution is 7.11. The fourth-order valence-corrected chi connectivity index (χ4v) is 4.92. The van der Waals surface area contributed by atoms with Crippen molar-refractivity contribution in [3.8, 4) is 0 Å². The van der Waals surface area contributed by atoms with Gasteiger partial charge in [0.1, 0.15) is 5.01 Å². The van der Waals surface area contributed by atoms with E-state index in [-0.39, 0.29) is 0 Å². The second-order valence-electron chi connectivity index (χ2n) is 7.18. The first kappa shape index (κ1) is 15.9. The molecule has 122 valence electrons. The molecule has 2 heterocycles. The molecular formula is C17H26N2O2S. The largest absolute Gasteiger partial charge is 0.481 e. The number of rotatable bonds is 4. The molecule has 1 saturated carbocycles. The summed E-state index contributed by atoms with van der Waals surface area (Å²) in [5.74, 6) is -0.214. The van der Waals surface area contributed by atoms with E-state index in [9.17, 15) is 4.79 Å². The van der Waals surface area contributed by atoms with Crippen molar-refractivity contribution in [3.63, 3.8) is 0 Å². The monoisotopic (exact) mass is 322 g/mol. The van der Waals surface area contributed by atoms with Crippen molar-refractivity contribution in [1.29, 1.82) is 0 Å². The Bertz CT molecular complexity index is 510. The summed E-state index contributed by atoms with van der Waals surface area (Å²) in [6, 6.07) is 0. The minimum Gasteiger partial charge on any atom is -0.481 e. The Morgan fingerprint density at radius 2 is 2.05 bits per heavy atom. The number of carbonyl (C=O) groups is 1. The van der Waals surface area contributed by atoms with Crippen LogP contribution < -0.4 is 0 Å². The van der Waals surface area contributed by atoms with Crippen LogP contribution in [0.2, 0.25) is 0 Å². The number of aliphatic carboxylic acids is 1. The lowest BCUT2D eigenvalue weighted by atomic mass is 9.65. The third-order valence-corrected chi connectivity index (χ3v) is 6.47. The van der Waals surface area contributed by atoms with Crippen molar-refractivity contribution in [3.05, 3.63) is 16.1 Å². The molecule has 1 N–H and O–H groups in total. The normalized spacial score (nSPS) is 23.0. The molecule has 4 nitrogen and oxygen atoms in total. The Hall–Kier alpha value is -0.940. The Morgan fingerprint density at radius 3 is 2.59 bits per heavy atom. The van der Waals surface area contributed by atoms with Crippen LogP contribution in [0.25, 0.3) is 0 Å². The van der Waals surface area contributed by atoms with Crippen LogP contribution in [0.3, 0.4) is 0 Å². The van der Waals surface area contributed by atoms with Crippen molar-refractivity contribution in [2.45, 2.75) is 58.4 Å². The maximum atomic E-state index is 10.8. The highest BCUT2D eigenvalue weighted by Crippen LogP contribution is 2.47. The third-order valence-electron chi connectivity index (χ3n) is 5.57. The predicted octanol–water partition coefficient (Wildman–Crippen LogP) is 3.70. The lowest BCUT2D eigenvalue weighted by Gasteiger charge is -2.45. The quantitative estimate of drug-likeness (QED) is 0.918. The molecule has 1 saturated heterocycles. The number of hydrogen-bond donors (Lipinski definition) is 1. The van der Waals surface area contributed by atoms with E-state index in [4.69, 9.17) is 5.11 Å². The van der Waals surface area contributed by atoms with Crippen LogP contribution in [0, 0.1) is 18.3 Å². The lowest BCUT2D eigenvalue weighted by molar-refractivity contribution is -0.138. The number of thiazole rings is 1. The minimum absolute atomic E-state index is 0.367. The summed E-state index contributed by atoms with van der Waals surface area (Å²) in [6.07, 6.45) is 9.56. The Morgan fingerprint density at radius 1 is 1.36 bits per heavy atom. The van der Waals surface area contributed by atoms with Gasteiger partial charge in [-0.1, -0.05) is 0 Å². The van der Waals surface area contributed by atoms with Gasteiger partial charge in [-0.2, -0.15) is 0 Å². The molecule has 0 radical (unpaired) electrons. The molecule has 5 heteroatoms. The van der Waals surface area contributed by atoms with Gasteiger partial charge in [0.15, 0.2) is 0 Å². The van der Waals surface area contributed by atoms with Gasteiger partial charge in [-0.3, -0.25) is 9.69 Å². The van der Waals surface area contributed by atoms with Gasteiger partial charge in [-0.05, 0) is 69.9 Å². The highest BCUT2D eigenvalue weighted by Gasteiger charge is 2.38. The molecule has 22 heavy (non-hydrogen) atoms. The lowest BCUT2D eigenvalue weighted by Crippen LogP contribution is -2.41. The Balaban J connectivity index is 1.46. The topological polar surface area (TPSA) is 53.4 Å². The molecule has 1 spiro atoms. The van der Waals surface area contributed by atoms with E-state index in [1.165, 1.54) is 48.7 Å². The summed E-state index contributed by atoms with van der Waals surface area (Å²) in [7, 11) is 0. The van der Waals surface area contributed by atoms with Crippen LogP contribution in [0.1, 0.15) is 54.8 Å². The summed E-state index contributed by atoms with van der Waals surface area (Å²) in [5, 5.41) is 10.2. The average molecular weight is 322 g/mol. The van der Waals surface area contributed by atoms with Crippen LogP contribution in [-0.4, -0.2) is 34.0 Å². The highest BCUT2D eigenvalue weighted by atomic mass is 32.1. The zero-order valence-electron chi connectivity index (χ0n) is 13.4. The average Bonchev–Trinajstić information content (AvgIpc) is 2.89. The van der Waals surface area contributed by atoms with Crippen LogP contribution in [-0.2, 0) is 11.3 Å². The second-order valence-corrected chi connectivity index (χ2v) is 8.50. The molecule has 0 atom stereocenters. The minimum atomic E-state index is -0.630. The third kappa shape index (κ3) is 3.87. The molecule has 0 bridgehead atoms. The van der Waals surface area contributed by atoms with Gasteiger partial charge in [0.25, 0.3) is 0 Å². The molecule has 0 amide bonds. The zero-order chi connectivity index (χ0) is 15.6. The van der Waals surface area contributed by atoms with Gasteiger partial charge in [0.05, 0.1) is 6.54 Å². The van der Waals surface area contributed by atoms with Gasteiger partial charge >= 0.3 is 5.97 Å². The molecular weight excluding hydrogens is 296 g/mol. The SMILES string of the molecule is Cc1cnc(CN2CCC3(CCC(CC(=O)O)CC3)CC2)s1. The van der Waals surface area contributed by atoms with E-state index in [1.54, 1.807) is 11.3 Å². The fourth-order valence-electron chi connectivity index (χ4n) is 4.09. The van der Waals surface area contributed by atoms with E-state index in [2.05, 4.69) is 16.8 Å². The summed E-state index contributed by atoms with van der Waals surface area (Å²) in [5.41, 5.74) is 0.504. The van der Waals surface area contributed by atoms with E-state index in [0.717, 1.165) is 19.4 Å². The zero-order valence-corrected chi connectivity index (χ0v) is 14.2. The molecule has 3 rings (SSSR count). The van der Waals surface area contributed by atoms with Gasteiger partial charge in [0, 0.05) is 17.5 Å². The molecule has 1 aromatic heterocycles. The number of aryl methyl sites for hydroxylation is 1. The first-order valence-corrected chi connectivity index (χ1v) is 9.22. The standard InChI is InChI=1S/C17H26N2O2S/c1-13-11-18-15(22-13)12-19-8-6-17(7-9-19)4-2-14(3-5-17)10-16(20)21/h11,14H,2-10,12H2,1H3,(H,20,21). The number of aromatic nitrogens is 1. The summed E-state index contributed by atoms with van der Waals surface area (Å²) >= 11 is 1.81. The molecule has 1 aromatic rings. The van der Waals surface area contributed by atoms with Crippen molar-refractivity contribution in [2.24, 2.45) is 11.3 Å². The Kier molecular flexibility index (Phi) is 4.83. The van der Waals surface area contributed by atoms with Crippen LogP contribution in [0.4, 0.5) is 0 Å². The van der Waals surface area contributed by atoms with Gasteiger partial charge in [-0.15, -0.1) is 11.3 Å². The predicted molar refractivity (Wildman–Crippen MR) is 88.0 cm³/mol. The number of hydrogen-bond acceptors (Lipinski definition) is 4. The van der Waals surface area contributed by atoms with E-state index < -0.39 is 5.97 Å². The van der Waals surface area contributed by atoms with E-state index >= 15 is 0 Å². The number of piperidine rings is 1. The Labute approximate surface area is 136 Å². The van der Waals surface area contributed by atoms with Crippen molar-refractivity contribution in [2.75, 3.05) is 13.1 Å². The number of carboxylic acids is 1. The van der Waals surface area contributed by atoms with E-state index in [1.807, 2.05) is 6.20 Å². The summed E-state index contributed by atoms with van der Waals surface area (Å²) in [6.45, 7) is 5.45. The van der Waals surface area contributed by atoms with Crippen molar-refractivity contribution < 1.29 is 9.90 Å². The van der Waals surface area contributed by atoms with Gasteiger partial charge in [-0.25, -0.2) is 4.98 Å². The molecule has 1 aliphatic heterocycles. The number of carboxylic acid groups (broad SMARTS) is 1. The van der Waals surface area contributed by atoms with Crippen LogP contribution in [0.5, 0.6) is 0 Å². The van der Waals surface area contributed by atoms with E-state index in [0.29, 0.717) is 17.8 Å². The summed E-state index contributed by atoms with van der Waals surface area (Å²) < 4.78 is 0. The number of nitrogens with zero attached hydrogens (tertiary/aromatic N) is 2.